The summed E-state index contributed by atoms with van der Waals surface area (Å²) in [7, 11) is -3.89. The number of aromatic nitrogens is 3. The van der Waals surface area contributed by atoms with Crippen LogP contribution in [-0.4, -0.2) is 47.4 Å². The summed E-state index contributed by atoms with van der Waals surface area (Å²) in [4.78, 5) is 23.6. The number of pyridine rings is 1. The number of halogens is 1. The lowest BCUT2D eigenvalue weighted by atomic mass is 9.96. The van der Waals surface area contributed by atoms with Gasteiger partial charge in [-0.1, -0.05) is 28.9 Å². The molecule has 0 radical (unpaired) electrons. The first-order valence-electron chi connectivity index (χ1n) is 11.3. The Morgan fingerprint density at radius 1 is 1.00 bits per heavy atom. The number of sulfonamides is 1. The Morgan fingerprint density at radius 2 is 1.69 bits per heavy atom. The molecule has 1 saturated heterocycles. The molecule has 1 fully saturated rings. The second-order valence-electron chi connectivity index (χ2n) is 8.36. The number of nitrogens with one attached hydrogen (secondary N) is 1. The molecular weight excluding hydrogens is 502 g/mol. The van der Waals surface area contributed by atoms with Crippen LogP contribution >= 0.6 is 11.6 Å². The number of carbonyl (C=O) groups is 1. The van der Waals surface area contributed by atoms with Gasteiger partial charge in [-0.2, -0.15) is 4.98 Å². The number of likely N-dealkylation sites (tertiary alicyclic amines) is 1. The van der Waals surface area contributed by atoms with Gasteiger partial charge in [-0.25, -0.2) is 8.42 Å². The van der Waals surface area contributed by atoms with Crippen LogP contribution < -0.4 is 4.72 Å². The van der Waals surface area contributed by atoms with E-state index in [4.69, 9.17) is 16.1 Å². The van der Waals surface area contributed by atoms with E-state index >= 15 is 0 Å². The van der Waals surface area contributed by atoms with Gasteiger partial charge in [0.1, 0.15) is 0 Å². The second-order valence-corrected chi connectivity index (χ2v) is 10.5. The van der Waals surface area contributed by atoms with Crippen LogP contribution in [0.1, 0.15) is 35.0 Å². The van der Waals surface area contributed by atoms with Gasteiger partial charge in [0.15, 0.2) is 0 Å². The standard InChI is InChI=1S/C25H22ClN5O4S/c26-19-5-7-20(8-6-19)36(33,34)30-22-4-2-1-3-21(22)25(32)31-15-11-18(12-16-31)24-28-23(29-35-24)17-9-13-27-14-10-17/h1-10,13-14,18,30H,11-12,15-16H2. The number of rotatable bonds is 6. The molecule has 1 aliphatic rings. The zero-order valence-electron chi connectivity index (χ0n) is 19.0. The van der Waals surface area contributed by atoms with Gasteiger partial charge < -0.3 is 9.42 Å². The van der Waals surface area contributed by atoms with Crippen LogP contribution in [0.4, 0.5) is 5.69 Å². The maximum atomic E-state index is 13.3. The summed E-state index contributed by atoms with van der Waals surface area (Å²) < 4.78 is 33.8. The van der Waals surface area contributed by atoms with Gasteiger partial charge in [-0.3, -0.25) is 14.5 Å². The molecule has 2 aromatic carbocycles. The van der Waals surface area contributed by atoms with Crippen molar-refractivity contribution in [2.45, 2.75) is 23.7 Å². The van der Waals surface area contributed by atoms with E-state index in [1.165, 1.54) is 24.3 Å². The molecule has 3 heterocycles. The molecule has 0 spiro atoms. The van der Waals surface area contributed by atoms with Crippen molar-refractivity contribution in [2.75, 3.05) is 17.8 Å². The highest BCUT2D eigenvalue weighted by atomic mass is 35.5. The van der Waals surface area contributed by atoms with Crippen molar-refractivity contribution in [1.29, 1.82) is 0 Å². The van der Waals surface area contributed by atoms with E-state index in [1.54, 1.807) is 41.6 Å². The Bertz CT molecular complexity index is 1470. The van der Waals surface area contributed by atoms with Crippen LogP contribution in [0, 0.1) is 0 Å². The number of carbonyl (C=O) groups excluding carboxylic acids is 1. The zero-order chi connectivity index (χ0) is 25.1. The van der Waals surface area contributed by atoms with E-state index in [0.717, 1.165) is 5.56 Å². The molecule has 5 rings (SSSR count). The van der Waals surface area contributed by atoms with Crippen LogP contribution in [0.15, 0.2) is 82.5 Å². The Kier molecular flexibility index (Phi) is 6.71. The molecule has 0 saturated carbocycles. The van der Waals surface area contributed by atoms with E-state index in [1.807, 2.05) is 12.1 Å². The van der Waals surface area contributed by atoms with E-state index in [2.05, 4.69) is 19.8 Å². The lowest BCUT2D eigenvalue weighted by Gasteiger charge is -2.31. The number of amides is 1. The summed E-state index contributed by atoms with van der Waals surface area (Å²) in [6, 6.07) is 16.0. The molecule has 1 aliphatic heterocycles. The van der Waals surface area contributed by atoms with Gasteiger partial charge in [0, 0.05) is 42.0 Å². The topological polar surface area (TPSA) is 118 Å². The predicted octanol–water partition coefficient (Wildman–Crippen LogP) is 4.61. The van der Waals surface area contributed by atoms with E-state index in [0.29, 0.717) is 42.7 Å². The Labute approximate surface area is 213 Å². The number of anilines is 1. The predicted molar refractivity (Wildman–Crippen MR) is 134 cm³/mol. The van der Waals surface area contributed by atoms with Gasteiger partial charge in [-0.15, -0.1) is 0 Å². The van der Waals surface area contributed by atoms with Gasteiger partial charge in [-0.05, 0) is 61.4 Å². The molecule has 4 aromatic rings. The molecule has 2 aromatic heterocycles. The number of hydrogen-bond acceptors (Lipinski definition) is 7. The van der Waals surface area contributed by atoms with Crippen molar-refractivity contribution in [3.63, 3.8) is 0 Å². The first kappa shape index (κ1) is 24.0. The van der Waals surface area contributed by atoms with Crippen molar-refractivity contribution in [1.82, 2.24) is 20.0 Å². The SMILES string of the molecule is O=C(c1ccccc1NS(=O)(=O)c1ccc(Cl)cc1)N1CCC(c2nc(-c3ccncc3)no2)CC1. The fourth-order valence-electron chi connectivity index (χ4n) is 4.10. The summed E-state index contributed by atoms with van der Waals surface area (Å²) >= 11 is 5.87. The maximum absolute atomic E-state index is 13.3. The Morgan fingerprint density at radius 3 is 2.42 bits per heavy atom. The molecule has 0 bridgehead atoms. The third kappa shape index (κ3) is 5.09. The smallest absolute Gasteiger partial charge is 0.261 e. The minimum atomic E-state index is -3.89. The molecule has 1 amide bonds. The van der Waals surface area contributed by atoms with Crippen LogP contribution in [0.3, 0.4) is 0 Å². The molecule has 184 valence electrons. The number of nitrogens with zero attached hydrogens (tertiary/aromatic N) is 4. The third-order valence-corrected chi connectivity index (χ3v) is 7.67. The van der Waals surface area contributed by atoms with Gasteiger partial charge in [0.25, 0.3) is 15.9 Å². The third-order valence-electron chi connectivity index (χ3n) is 6.04. The van der Waals surface area contributed by atoms with Crippen molar-refractivity contribution in [3.05, 3.63) is 89.5 Å². The van der Waals surface area contributed by atoms with E-state index in [-0.39, 0.29) is 28.0 Å². The molecule has 1 N–H and O–H groups in total. The Hall–Kier alpha value is -3.76. The second kappa shape index (κ2) is 10.1. The van der Waals surface area contributed by atoms with E-state index in [9.17, 15) is 13.2 Å². The molecule has 11 heteroatoms. The summed E-state index contributed by atoms with van der Waals surface area (Å²) in [6.45, 7) is 0.962. The summed E-state index contributed by atoms with van der Waals surface area (Å²) in [5.74, 6) is 0.847. The molecular formula is C25H22ClN5O4S. The normalized spacial score (nSPS) is 14.5. The van der Waals surface area contributed by atoms with Crippen LogP contribution in [-0.2, 0) is 10.0 Å². The number of benzene rings is 2. The largest absolute Gasteiger partial charge is 0.339 e. The first-order valence-corrected chi connectivity index (χ1v) is 13.2. The van der Waals surface area contributed by atoms with Crippen molar-refractivity contribution in [2.24, 2.45) is 0 Å². The summed E-state index contributed by atoms with van der Waals surface area (Å²) in [5.41, 5.74) is 1.33. The summed E-state index contributed by atoms with van der Waals surface area (Å²) in [6.07, 6.45) is 4.65. The van der Waals surface area contributed by atoms with Crippen LogP contribution in [0.25, 0.3) is 11.4 Å². The Balaban J connectivity index is 1.27. The van der Waals surface area contributed by atoms with E-state index < -0.39 is 10.0 Å². The molecule has 0 unspecified atom stereocenters. The van der Waals surface area contributed by atoms with Gasteiger partial charge in [0.05, 0.1) is 16.1 Å². The lowest BCUT2D eigenvalue weighted by Crippen LogP contribution is -2.38. The lowest BCUT2D eigenvalue weighted by molar-refractivity contribution is 0.0705. The number of para-hydroxylation sites is 1. The number of piperidine rings is 1. The van der Waals surface area contributed by atoms with Crippen LogP contribution in [0.2, 0.25) is 5.02 Å². The zero-order valence-corrected chi connectivity index (χ0v) is 20.6. The van der Waals surface area contributed by atoms with Crippen molar-refractivity contribution < 1.29 is 17.7 Å². The van der Waals surface area contributed by atoms with Gasteiger partial charge >= 0.3 is 0 Å². The fourth-order valence-corrected chi connectivity index (χ4v) is 5.30. The minimum Gasteiger partial charge on any atom is -0.339 e. The highest BCUT2D eigenvalue weighted by molar-refractivity contribution is 7.92. The first-order chi connectivity index (χ1) is 17.4. The molecule has 0 atom stereocenters. The minimum absolute atomic E-state index is 0.0378. The van der Waals surface area contributed by atoms with Gasteiger partial charge in [0.2, 0.25) is 11.7 Å². The highest BCUT2D eigenvalue weighted by Crippen LogP contribution is 2.30. The average molecular weight is 524 g/mol. The molecule has 9 nitrogen and oxygen atoms in total. The number of hydrogen-bond donors (Lipinski definition) is 1. The van der Waals surface area contributed by atoms with Crippen molar-refractivity contribution in [3.8, 4) is 11.4 Å². The monoisotopic (exact) mass is 523 g/mol. The highest BCUT2D eigenvalue weighted by Gasteiger charge is 2.29. The van der Waals surface area contributed by atoms with Crippen molar-refractivity contribution >= 4 is 33.2 Å². The molecule has 36 heavy (non-hydrogen) atoms. The molecule has 0 aliphatic carbocycles. The quantitative estimate of drug-likeness (QED) is 0.392. The fraction of sp³-hybridized carbons (Fsp3) is 0.200. The maximum Gasteiger partial charge on any atom is 0.261 e. The average Bonchev–Trinajstić information content (AvgIpc) is 3.40. The van der Waals surface area contributed by atoms with Crippen LogP contribution in [0.5, 0.6) is 0 Å². The summed E-state index contributed by atoms with van der Waals surface area (Å²) in [5, 5.41) is 4.50.